The first-order chi connectivity index (χ1) is 11.5. The smallest absolute Gasteiger partial charge is 0.279 e. The van der Waals surface area contributed by atoms with Crippen molar-refractivity contribution in [2.75, 3.05) is 33.1 Å². The molecule has 24 heavy (non-hydrogen) atoms. The van der Waals surface area contributed by atoms with Crippen LogP contribution in [0.5, 0.6) is 11.5 Å². The van der Waals surface area contributed by atoms with Gasteiger partial charge < -0.3 is 19.7 Å². The van der Waals surface area contributed by atoms with Gasteiger partial charge >= 0.3 is 0 Å². The van der Waals surface area contributed by atoms with Crippen molar-refractivity contribution in [3.63, 3.8) is 0 Å². The van der Waals surface area contributed by atoms with E-state index in [-0.39, 0.29) is 5.91 Å². The number of hydrogen-bond donors (Lipinski definition) is 2. The van der Waals surface area contributed by atoms with Crippen molar-refractivity contribution in [3.8, 4) is 11.5 Å². The molecular formula is C18H22BrN2O3+. The van der Waals surface area contributed by atoms with Gasteiger partial charge in [-0.1, -0.05) is 22.0 Å². The summed E-state index contributed by atoms with van der Waals surface area (Å²) < 4.78 is 11.5. The lowest BCUT2D eigenvalue weighted by Crippen LogP contribution is -3.08. The van der Waals surface area contributed by atoms with Gasteiger partial charge in [-0.25, -0.2) is 0 Å². The van der Waals surface area contributed by atoms with Gasteiger partial charge in [0.2, 0.25) is 0 Å². The van der Waals surface area contributed by atoms with Gasteiger partial charge in [-0.15, -0.1) is 0 Å². The van der Waals surface area contributed by atoms with Crippen LogP contribution in [0.2, 0.25) is 0 Å². The van der Waals surface area contributed by atoms with Crippen molar-refractivity contribution in [1.82, 2.24) is 0 Å². The molecule has 6 heteroatoms. The molecule has 0 aliphatic rings. The number of hydrogen-bond acceptors (Lipinski definition) is 3. The topological polar surface area (TPSA) is 52.0 Å². The summed E-state index contributed by atoms with van der Waals surface area (Å²) in [4.78, 5) is 13.3. The van der Waals surface area contributed by atoms with Crippen LogP contribution >= 0.6 is 15.9 Å². The third kappa shape index (κ3) is 5.25. The molecule has 2 aromatic carbocycles. The van der Waals surface area contributed by atoms with Crippen molar-refractivity contribution in [2.45, 2.75) is 6.54 Å². The first kappa shape index (κ1) is 18.3. The van der Waals surface area contributed by atoms with Crippen LogP contribution < -0.4 is 19.7 Å². The summed E-state index contributed by atoms with van der Waals surface area (Å²) in [5.41, 5.74) is 1.78. The average Bonchev–Trinajstić information content (AvgIpc) is 2.55. The first-order valence-corrected chi connectivity index (χ1v) is 8.38. The zero-order chi connectivity index (χ0) is 17.5. The van der Waals surface area contributed by atoms with E-state index in [0.29, 0.717) is 18.8 Å². The van der Waals surface area contributed by atoms with Gasteiger partial charge in [-0.05, 0) is 30.3 Å². The minimum atomic E-state index is -0.0466. The molecule has 5 nitrogen and oxygen atoms in total. The zero-order valence-electron chi connectivity index (χ0n) is 14.1. The summed E-state index contributed by atoms with van der Waals surface area (Å²) >= 11 is 3.47. The molecule has 0 fully saturated rings. The largest absolute Gasteiger partial charge is 0.497 e. The highest BCUT2D eigenvalue weighted by molar-refractivity contribution is 9.10. The summed E-state index contributed by atoms with van der Waals surface area (Å²) in [6, 6.07) is 13.2. The van der Waals surface area contributed by atoms with E-state index in [4.69, 9.17) is 9.47 Å². The van der Waals surface area contributed by atoms with Crippen LogP contribution in [0.25, 0.3) is 0 Å². The summed E-state index contributed by atoms with van der Waals surface area (Å²) in [5.74, 6) is 1.49. The van der Waals surface area contributed by atoms with Crippen molar-refractivity contribution >= 4 is 27.5 Å². The highest BCUT2D eigenvalue weighted by Crippen LogP contribution is 2.22. The molecule has 1 amide bonds. The average molecular weight is 394 g/mol. The Morgan fingerprint density at radius 3 is 2.67 bits per heavy atom. The minimum absolute atomic E-state index is 0.0466. The van der Waals surface area contributed by atoms with Gasteiger partial charge in [0.15, 0.2) is 6.54 Å². The standard InChI is InChI=1S/C18H21BrN2O3/c1-21(11-13-9-14(19)7-8-17(13)24-3)12-18(22)20-15-5-4-6-16(10-15)23-2/h4-10H,11-12H2,1-3H3,(H,20,22)/p+1. The number of amides is 1. The lowest BCUT2D eigenvalue weighted by molar-refractivity contribution is -0.885. The monoisotopic (exact) mass is 393 g/mol. The maximum Gasteiger partial charge on any atom is 0.279 e. The van der Waals surface area contributed by atoms with Crippen LogP contribution in [-0.2, 0) is 11.3 Å². The Kier molecular flexibility index (Phi) is 6.63. The van der Waals surface area contributed by atoms with Crippen LogP contribution in [0.4, 0.5) is 5.69 Å². The van der Waals surface area contributed by atoms with Crippen LogP contribution in [-0.4, -0.2) is 33.7 Å². The third-order valence-electron chi connectivity index (χ3n) is 3.55. The summed E-state index contributed by atoms with van der Waals surface area (Å²) in [5, 5.41) is 2.89. The van der Waals surface area contributed by atoms with E-state index in [1.54, 1.807) is 20.3 Å². The number of quaternary nitrogens is 1. The molecule has 0 spiro atoms. The quantitative estimate of drug-likeness (QED) is 0.757. The summed E-state index contributed by atoms with van der Waals surface area (Å²) in [6.07, 6.45) is 0. The maximum atomic E-state index is 12.2. The highest BCUT2D eigenvalue weighted by atomic mass is 79.9. The molecule has 2 N–H and O–H groups in total. The Bertz CT molecular complexity index is 706. The Labute approximate surface area is 150 Å². The molecule has 1 atom stereocenters. The molecule has 0 radical (unpaired) electrons. The molecule has 2 rings (SSSR count). The summed E-state index contributed by atoms with van der Waals surface area (Å²) in [7, 11) is 5.23. The molecule has 0 saturated heterocycles. The SMILES string of the molecule is COc1cccc(NC(=O)C[NH+](C)Cc2cc(Br)ccc2OC)c1. The number of rotatable bonds is 7. The second-order valence-electron chi connectivity index (χ2n) is 5.55. The molecular weight excluding hydrogens is 372 g/mol. The molecule has 0 aliphatic heterocycles. The van der Waals surface area contributed by atoms with Gasteiger partial charge in [0.05, 0.1) is 21.3 Å². The van der Waals surface area contributed by atoms with Gasteiger partial charge in [-0.2, -0.15) is 0 Å². The summed E-state index contributed by atoms with van der Waals surface area (Å²) in [6.45, 7) is 1.04. The molecule has 0 aliphatic carbocycles. The Balaban J connectivity index is 1.95. The lowest BCUT2D eigenvalue weighted by atomic mass is 10.2. The maximum absolute atomic E-state index is 12.2. The number of anilines is 1. The Morgan fingerprint density at radius 2 is 1.96 bits per heavy atom. The van der Waals surface area contributed by atoms with Crippen LogP contribution in [0.1, 0.15) is 5.56 Å². The fraction of sp³-hybridized carbons (Fsp3) is 0.278. The van der Waals surface area contributed by atoms with Crippen LogP contribution in [0, 0.1) is 0 Å². The highest BCUT2D eigenvalue weighted by Gasteiger charge is 2.14. The number of nitrogens with one attached hydrogen (secondary N) is 2. The van der Waals surface area contributed by atoms with Gasteiger partial charge in [0.1, 0.15) is 18.0 Å². The predicted molar refractivity (Wildman–Crippen MR) is 97.8 cm³/mol. The molecule has 0 aromatic heterocycles. The molecule has 0 bridgehead atoms. The second kappa shape index (κ2) is 8.70. The lowest BCUT2D eigenvalue weighted by Gasteiger charge is -2.16. The van der Waals surface area contributed by atoms with E-state index in [9.17, 15) is 4.79 Å². The fourth-order valence-corrected chi connectivity index (χ4v) is 2.86. The van der Waals surface area contributed by atoms with Gasteiger partial charge in [0.25, 0.3) is 5.91 Å². The predicted octanol–water partition coefficient (Wildman–Crippen LogP) is 2.12. The third-order valence-corrected chi connectivity index (χ3v) is 4.04. The fourth-order valence-electron chi connectivity index (χ4n) is 2.45. The molecule has 0 heterocycles. The zero-order valence-corrected chi connectivity index (χ0v) is 15.6. The number of ether oxygens (including phenoxy) is 2. The number of likely N-dealkylation sites (N-methyl/N-ethyl adjacent to an activating group) is 1. The molecule has 1 unspecified atom stereocenters. The first-order valence-electron chi connectivity index (χ1n) is 7.59. The number of carbonyl (C=O) groups is 1. The van der Waals surface area contributed by atoms with Crippen LogP contribution in [0.15, 0.2) is 46.9 Å². The van der Waals surface area contributed by atoms with E-state index in [0.717, 1.165) is 26.4 Å². The van der Waals surface area contributed by atoms with Gasteiger partial charge in [-0.3, -0.25) is 4.79 Å². The van der Waals surface area contributed by atoms with E-state index in [1.165, 1.54) is 0 Å². The van der Waals surface area contributed by atoms with Crippen LogP contribution in [0.3, 0.4) is 0 Å². The number of carbonyl (C=O) groups excluding carboxylic acids is 1. The van der Waals surface area contributed by atoms with E-state index in [2.05, 4.69) is 21.2 Å². The van der Waals surface area contributed by atoms with Crippen molar-refractivity contribution in [1.29, 1.82) is 0 Å². The van der Waals surface area contributed by atoms with Crippen molar-refractivity contribution in [2.24, 2.45) is 0 Å². The number of benzene rings is 2. The Morgan fingerprint density at radius 1 is 1.17 bits per heavy atom. The van der Waals surface area contributed by atoms with Gasteiger partial charge in [0, 0.05) is 21.8 Å². The number of methoxy groups -OCH3 is 2. The Hall–Kier alpha value is -2.05. The molecule has 128 valence electrons. The van der Waals surface area contributed by atoms with Crippen molar-refractivity contribution < 1.29 is 19.2 Å². The molecule has 2 aromatic rings. The minimum Gasteiger partial charge on any atom is -0.497 e. The second-order valence-corrected chi connectivity index (χ2v) is 6.46. The number of halogens is 1. The van der Waals surface area contributed by atoms with E-state index in [1.807, 2.05) is 43.4 Å². The van der Waals surface area contributed by atoms with Crippen molar-refractivity contribution in [3.05, 3.63) is 52.5 Å². The molecule has 0 saturated carbocycles. The van der Waals surface area contributed by atoms with E-state index >= 15 is 0 Å². The normalized spacial score (nSPS) is 11.7. The van der Waals surface area contributed by atoms with E-state index < -0.39 is 0 Å².